The second-order valence-corrected chi connectivity index (χ2v) is 4.16. The molecule has 8 heteroatoms. The zero-order chi connectivity index (χ0) is 13.4. The maximum absolute atomic E-state index is 11.7. The van der Waals surface area contributed by atoms with E-state index >= 15 is 0 Å². The number of pyridine rings is 1. The number of nitrogens with one attached hydrogen (secondary N) is 1. The Hall–Kier alpha value is -2.77. The Morgan fingerprint density at radius 2 is 2.37 bits per heavy atom. The van der Waals surface area contributed by atoms with Crippen molar-refractivity contribution >= 4 is 11.9 Å². The molecule has 0 saturated carbocycles. The van der Waals surface area contributed by atoms with Gasteiger partial charge in [0, 0.05) is 18.1 Å². The highest BCUT2D eigenvalue weighted by Gasteiger charge is 2.32. The fourth-order valence-corrected chi connectivity index (χ4v) is 2.18. The van der Waals surface area contributed by atoms with E-state index < -0.39 is 11.9 Å². The van der Waals surface area contributed by atoms with Gasteiger partial charge in [-0.2, -0.15) is 4.68 Å². The number of anilines is 1. The summed E-state index contributed by atoms with van der Waals surface area (Å²) in [6.45, 7) is 1.77. The number of carbonyl (C=O) groups is 1. The number of amides is 1. The quantitative estimate of drug-likeness (QED) is 0.773. The van der Waals surface area contributed by atoms with Crippen molar-refractivity contribution in [2.45, 2.75) is 13.0 Å². The summed E-state index contributed by atoms with van der Waals surface area (Å²) in [5.41, 5.74) is 7.34. The van der Waals surface area contributed by atoms with Crippen molar-refractivity contribution in [2.75, 3.05) is 5.32 Å². The summed E-state index contributed by atoms with van der Waals surface area (Å²) in [7, 11) is 0. The highest BCUT2D eigenvalue weighted by Crippen LogP contribution is 2.33. The minimum absolute atomic E-state index is 0.424. The Morgan fingerprint density at radius 3 is 3.05 bits per heavy atom. The molecule has 0 fully saturated rings. The topological polar surface area (TPSA) is 112 Å². The number of nitrogens with zero attached hydrogens (tertiary/aromatic N) is 5. The second kappa shape index (κ2) is 4.16. The monoisotopic (exact) mass is 257 g/mol. The molecule has 0 aliphatic carbocycles. The van der Waals surface area contributed by atoms with Crippen LogP contribution in [0.3, 0.4) is 0 Å². The molecule has 1 amide bonds. The number of rotatable bonds is 2. The van der Waals surface area contributed by atoms with Crippen LogP contribution in [0.25, 0.3) is 0 Å². The SMILES string of the molecule is CC1=C(C(N)=O)C(c2cccnc2)n2nnnc2N1. The molecule has 1 unspecified atom stereocenters. The van der Waals surface area contributed by atoms with E-state index in [9.17, 15) is 4.79 Å². The summed E-state index contributed by atoms with van der Waals surface area (Å²) in [4.78, 5) is 15.8. The largest absolute Gasteiger partial charge is 0.366 e. The molecule has 2 aromatic heterocycles. The molecular weight excluding hydrogens is 246 g/mol. The molecule has 3 rings (SSSR count). The summed E-state index contributed by atoms with van der Waals surface area (Å²) in [5.74, 6) is -0.0450. The first kappa shape index (κ1) is 11.3. The smallest absolute Gasteiger partial charge is 0.248 e. The van der Waals surface area contributed by atoms with Crippen molar-refractivity contribution in [1.82, 2.24) is 25.2 Å². The van der Waals surface area contributed by atoms with Crippen molar-refractivity contribution in [2.24, 2.45) is 5.73 Å². The van der Waals surface area contributed by atoms with Gasteiger partial charge in [0.05, 0.1) is 5.57 Å². The van der Waals surface area contributed by atoms with E-state index in [0.717, 1.165) is 5.56 Å². The minimum atomic E-state index is -0.514. The molecule has 3 heterocycles. The fraction of sp³-hybridized carbons (Fsp3) is 0.182. The molecule has 0 aromatic carbocycles. The van der Waals surface area contributed by atoms with E-state index in [1.165, 1.54) is 4.68 Å². The van der Waals surface area contributed by atoms with Gasteiger partial charge < -0.3 is 11.1 Å². The van der Waals surface area contributed by atoms with Gasteiger partial charge in [-0.15, -0.1) is 0 Å². The Bertz CT molecular complexity index is 661. The van der Waals surface area contributed by atoms with Crippen LogP contribution in [0, 0.1) is 0 Å². The van der Waals surface area contributed by atoms with Crippen molar-refractivity contribution in [3.63, 3.8) is 0 Å². The van der Waals surface area contributed by atoms with Crippen LogP contribution in [-0.4, -0.2) is 31.1 Å². The van der Waals surface area contributed by atoms with Gasteiger partial charge in [-0.1, -0.05) is 11.2 Å². The molecule has 96 valence electrons. The molecule has 0 radical (unpaired) electrons. The van der Waals surface area contributed by atoms with E-state index in [4.69, 9.17) is 5.73 Å². The van der Waals surface area contributed by atoms with Crippen LogP contribution in [0.2, 0.25) is 0 Å². The Morgan fingerprint density at radius 1 is 1.53 bits per heavy atom. The van der Waals surface area contributed by atoms with Gasteiger partial charge >= 0.3 is 0 Å². The first-order valence-corrected chi connectivity index (χ1v) is 5.64. The number of aromatic nitrogens is 5. The second-order valence-electron chi connectivity index (χ2n) is 4.16. The third kappa shape index (κ3) is 1.73. The fourth-order valence-electron chi connectivity index (χ4n) is 2.18. The van der Waals surface area contributed by atoms with Crippen LogP contribution in [-0.2, 0) is 4.79 Å². The van der Waals surface area contributed by atoms with Crippen LogP contribution in [0.15, 0.2) is 35.8 Å². The number of fused-ring (bicyclic) bond motifs is 1. The summed E-state index contributed by atoms with van der Waals surface area (Å²) in [6.07, 6.45) is 3.32. The van der Waals surface area contributed by atoms with Gasteiger partial charge in [0.1, 0.15) is 6.04 Å². The van der Waals surface area contributed by atoms with E-state index in [1.807, 2.05) is 6.07 Å². The van der Waals surface area contributed by atoms with Crippen molar-refractivity contribution in [1.29, 1.82) is 0 Å². The van der Waals surface area contributed by atoms with E-state index in [1.54, 1.807) is 25.4 Å². The molecule has 1 aliphatic heterocycles. The average molecular weight is 257 g/mol. The lowest BCUT2D eigenvalue weighted by atomic mass is 9.97. The Balaban J connectivity index is 2.21. The maximum atomic E-state index is 11.7. The molecule has 0 spiro atoms. The third-order valence-corrected chi connectivity index (χ3v) is 2.98. The predicted octanol–water partition coefficient (Wildman–Crippen LogP) is -0.158. The highest BCUT2D eigenvalue weighted by atomic mass is 16.1. The number of hydrogen-bond acceptors (Lipinski definition) is 6. The van der Waals surface area contributed by atoms with Gasteiger partial charge in [0.2, 0.25) is 11.9 Å². The van der Waals surface area contributed by atoms with Crippen LogP contribution >= 0.6 is 0 Å². The third-order valence-electron chi connectivity index (χ3n) is 2.98. The van der Waals surface area contributed by atoms with E-state index in [2.05, 4.69) is 25.8 Å². The van der Waals surface area contributed by atoms with Crippen LogP contribution in [0.5, 0.6) is 0 Å². The number of primary amides is 1. The molecule has 1 aliphatic rings. The Kier molecular flexibility index (Phi) is 2.48. The lowest BCUT2D eigenvalue weighted by Gasteiger charge is -2.26. The van der Waals surface area contributed by atoms with Crippen LogP contribution < -0.4 is 11.1 Å². The minimum Gasteiger partial charge on any atom is -0.366 e. The first-order chi connectivity index (χ1) is 9.18. The lowest BCUT2D eigenvalue weighted by molar-refractivity contribution is -0.115. The van der Waals surface area contributed by atoms with Crippen LogP contribution in [0.4, 0.5) is 5.95 Å². The predicted molar refractivity (Wildman–Crippen MR) is 65.7 cm³/mol. The summed E-state index contributed by atoms with van der Waals surface area (Å²) >= 11 is 0. The molecule has 0 saturated heterocycles. The number of carbonyl (C=O) groups excluding carboxylic acids is 1. The van der Waals surface area contributed by atoms with Gasteiger partial charge in [0.25, 0.3) is 0 Å². The summed E-state index contributed by atoms with van der Waals surface area (Å²) in [5, 5.41) is 14.3. The standard InChI is InChI=1S/C11H11N7O/c1-6-8(10(12)19)9(7-3-2-4-13-5-7)18-11(14-6)15-16-17-18/h2-5,9H,1H3,(H2,12,19)(H,14,15,17). The lowest BCUT2D eigenvalue weighted by Crippen LogP contribution is -2.31. The summed E-state index contributed by atoms with van der Waals surface area (Å²) < 4.78 is 1.52. The van der Waals surface area contributed by atoms with E-state index in [0.29, 0.717) is 17.2 Å². The van der Waals surface area contributed by atoms with Crippen molar-refractivity contribution < 1.29 is 4.79 Å². The molecule has 0 bridgehead atoms. The molecule has 2 aromatic rings. The summed E-state index contributed by atoms with van der Waals surface area (Å²) in [6, 6.07) is 3.18. The van der Waals surface area contributed by atoms with Gasteiger partial charge in [-0.3, -0.25) is 9.78 Å². The molecule has 1 atom stereocenters. The van der Waals surface area contributed by atoms with Gasteiger partial charge in [0.15, 0.2) is 0 Å². The zero-order valence-electron chi connectivity index (χ0n) is 10.1. The number of allylic oxidation sites excluding steroid dienone is 1. The number of nitrogens with two attached hydrogens (primary N) is 1. The molecule has 3 N–H and O–H groups in total. The highest BCUT2D eigenvalue weighted by molar-refractivity contribution is 5.95. The molecular formula is C11H11N7O. The number of tetrazole rings is 1. The van der Waals surface area contributed by atoms with Crippen molar-refractivity contribution in [3.8, 4) is 0 Å². The number of hydrogen-bond donors (Lipinski definition) is 2. The Labute approximate surface area is 108 Å². The maximum Gasteiger partial charge on any atom is 0.248 e. The molecule has 19 heavy (non-hydrogen) atoms. The average Bonchev–Trinajstić information content (AvgIpc) is 2.85. The van der Waals surface area contributed by atoms with Crippen LogP contribution in [0.1, 0.15) is 18.5 Å². The van der Waals surface area contributed by atoms with Crippen molar-refractivity contribution in [3.05, 3.63) is 41.4 Å². The van der Waals surface area contributed by atoms with Gasteiger partial charge in [-0.25, -0.2) is 0 Å². The first-order valence-electron chi connectivity index (χ1n) is 5.64. The van der Waals surface area contributed by atoms with E-state index in [-0.39, 0.29) is 0 Å². The van der Waals surface area contributed by atoms with Gasteiger partial charge in [-0.05, 0) is 29.0 Å². The molecule has 8 nitrogen and oxygen atoms in total. The zero-order valence-corrected chi connectivity index (χ0v) is 10.1. The normalized spacial score (nSPS) is 17.8.